The van der Waals surface area contributed by atoms with Gasteiger partial charge in [-0.3, -0.25) is 9.59 Å². The van der Waals surface area contributed by atoms with Crippen LogP contribution < -0.4 is 10.1 Å². The summed E-state index contributed by atoms with van der Waals surface area (Å²) in [6.45, 7) is 5.76. The van der Waals surface area contributed by atoms with Crippen molar-refractivity contribution in [2.75, 3.05) is 14.2 Å². The van der Waals surface area contributed by atoms with Crippen LogP contribution in [0.2, 0.25) is 5.02 Å². The van der Waals surface area contributed by atoms with Gasteiger partial charge in [-0.2, -0.15) is 0 Å². The summed E-state index contributed by atoms with van der Waals surface area (Å²) >= 11 is 6.11. The highest BCUT2D eigenvalue weighted by Gasteiger charge is 2.30. The fraction of sp³-hybridized carbons (Fsp3) is 0.364. The Bertz CT molecular complexity index is 821. The molecule has 0 radical (unpaired) electrons. The second-order valence-corrected chi connectivity index (χ2v) is 7.48. The van der Waals surface area contributed by atoms with E-state index in [4.69, 9.17) is 16.3 Å². The van der Waals surface area contributed by atoms with Crippen LogP contribution in [0, 0.1) is 5.92 Å². The average molecular weight is 403 g/mol. The predicted molar refractivity (Wildman–Crippen MR) is 112 cm³/mol. The number of halogens is 1. The lowest BCUT2D eigenvalue weighted by molar-refractivity contribution is -0.135. The zero-order valence-corrected chi connectivity index (χ0v) is 17.7. The standard InChI is InChI=1S/C22H27ClN2O3/c1-14(2)20(24-21(26)18-8-6-7-9-19(18)23)22(27)25(4)15(3)16-10-12-17(28-5)13-11-16/h6-15,20H,1-5H3,(H,24,26). The van der Waals surface area contributed by atoms with Crippen molar-refractivity contribution in [3.05, 3.63) is 64.7 Å². The first kappa shape index (κ1) is 21.8. The van der Waals surface area contributed by atoms with Crippen LogP contribution in [0.25, 0.3) is 0 Å². The summed E-state index contributed by atoms with van der Waals surface area (Å²) in [5.41, 5.74) is 1.34. The second-order valence-electron chi connectivity index (χ2n) is 7.07. The number of carbonyl (C=O) groups excluding carboxylic acids is 2. The van der Waals surface area contributed by atoms with Gasteiger partial charge in [0.25, 0.3) is 5.91 Å². The van der Waals surface area contributed by atoms with E-state index in [0.29, 0.717) is 10.6 Å². The van der Waals surface area contributed by atoms with Gasteiger partial charge in [0.1, 0.15) is 11.8 Å². The second kappa shape index (κ2) is 9.60. The minimum atomic E-state index is -0.658. The fourth-order valence-electron chi connectivity index (χ4n) is 2.89. The molecule has 0 aliphatic carbocycles. The number of rotatable bonds is 7. The summed E-state index contributed by atoms with van der Waals surface area (Å²) in [5.74, 6) is 0.170. The highest BCUT2D eigenvalue weighted by atomic mass is 35.5. The molecule has 2 rings (SSSR count). The maximum absolute atomic E-state index is 13.1. The van der Waals surface area contributed by atoms with Gasteiger partial charge in [0.05, 0.1) is 23.7 Å². The monoisotopic (exact) mass is 402 g/mol. The molecule has 2 unspecified atom stereocenters. The number of likely N-dealkylation sites (N-methyl/N-ethyl adjacent to an activating group) is 1. The molecule has 0 bridgehead atoms. The molecule has 6 heteroatoms. The van der Waals surface area contributed by atoms with Crippen molar-refractivity contribution in [1.82, 2.24) is 10.2 Å². The third-order valence-electron chi connectivity index (χ3n) is 4.86. The molecule has 0 saturated heterocycles. The molecular formula is C22H27ClN2O3. The quantitative estimate of drug-likeness (QED) is 0.750. The third-order valence-corrected chi connectivity index (χ3v) is 5.19. The molecule has 2 aromatic carbocycles. The van der Waals surface area contributed by atoms with Crippen LogP contribution in [-0.4, -0.2) is 36.9 Å². The number of ether oxygens (including phenoxy) is 1. The minimum Gasteiger partial charge on any atom is -0.497 e. The molecular weight excluding hydrogens is 376 g/mol. The van der Waals surface area contributed by atoms with Gasteiger partial charge in [-0.1, -0.05) is 49.7 Å². The lowest BCUT2D eigenvalue weighted by Gasteiger charge is -2.31. The van der Waals surface area contributed by atoms with Gasteiger partial charge in [0.15, 0.2) is 0 Å². The van der Waals surface area contributed by atoms with E-state index in [1.54, 1.807) is 43.3 Å². The molecule has 0 spiro atoms. The number of benzene rings is 2. The molecule has 2 aromatic rings. The van der Waals surface area contributed by atoms with Crippen molar-refractivity contribution >= 4 is 23.4 Å². The van der Waals surface area contributed by atoms with Gasteiger partial charge >= 0.3 is 0 Å². The smallest absolute Gasteiger partial charge is 0.253 e. The lowest BCUT2D eigenvalue weighted by Crippen LogP contribution is -2.50. The molecule has 0 fully saturated rings. The number of carbonyl (C=O) groups is 2. The van der Waals surface area contributed by atoms with E-state index in [1.165, 1.54) is 0 Å². The van der Waals surface area contributed by atoms with Crippen molar-refractivity contribution in [2.24, 2.45) is 5.92 Å². The Morgan fingerprint density at radius 3 is 2.18 bits per heavy atom. The summed E-state index contributed by atoms with van der Waals surface area (Å²) in [6, 6.07) is 13.6. The summed E-state index contributed by atoms with van der Waals surface area (Å²) < 4.78 is 5.18. The van der Waals surface area contributed by atoms with Crippen molar-refractivity contribution in [3.63, 3.8) is 0 Å². The Morgan fingerprint density at radius 2 is 1.64 bits per heavy atom. The van der Waals surface area contributed by atoms with Crippen LogP contribution in [0.4, 0.5) is 0 Å². The number of nitrogens with zero attached hydrogens (tertiary/aromatic N) is 1. The molecule has 2 amide bonds. The summed E-state index contributed by atoms with van der Waals surface area (Å²) in [5, 5.41) is 3.20. The van der Waals surface area contributed by atoms with Crippen molar-refractivity contribution in [3.8, 4) is 5.75 Å². The van der Waals surface area contributed by atoms with E-state index in [-0.39, 0.29) is 23.8 Å². The largest absolute Gasteiger partial charge is 0.497 e. The number of amides is 2. The van der Waals surface area contributed by atoms with E-state index in [1.807, 2.05) is 45.0 Å². The molecule has 28 heavy (non-hydrogen) atoms. The Labute approximate surface area is 171 Å². The predicted octanol–water partition coefficient (Wildman–Crippen LogP) is 4.32. The fourth-order valence-corrected chi connectivity index (χ4v) is 3.12. The van der Waals surface area contributed by atoms with E-state index < -0.39 is 6.04 Å². The summed E-state index contributed by atoms with van der Waals surface area (Å²) in [6.07, 6.45) is 0. The van der Waals surface area contributed by atoms with E-state index in [9.17, 15) is 9.59 Å². The molecule has 5 nitrogen and oxygen atoms in total. The normalized spacial score (nSPS) is 13.0. The Hall–Kier alpha value is -2.53. The van der Waals surface area contributed by atoms with Gasteiger partial charge < -0.3 is 15.0 Å². The Kier molecular flexibility index (Phi) is 7.46. The molecule has 1 N–H and O–H groups in total. The first-order valence-electron chi connectivity index (χ1n) is 9.22. The van der Waals surface area contributed by atoms with Crippen molar-refractivity contribution in [2.45, 2.75) is 32.9 Å². The van der Waals surface area contributed by atoms with Crippen molar-refractivity contribution in [1.29, 1.82) is 0 Å². The molecule has 0 aliphatic rings. The van der Waals surface area contributed by atoms with Crippen LogP contribution >= 0.6 is 11.6 Å². The van der Waals surface area contributed by atoms with Crippen LogP contribution in [-0.2, 0) is 4.79 Å². The summed E-state index contributed by atoms with van der Waals surface area (Å²) in [4.78, 5) is 27.4. The highest BCUT2D eigenvalue weighted by molar-refractivity contribution is 6.33. The molecule has 0 heterocycles. The van der Waals surface area contributed by atoms with Crippen molar-refractivity contribution < 1.29 is 14.3 Å². The highest BCUT2D eigenvalue weighted by Crippen LogP contribution is 2.23. The molecule has 150 valence electrons. The maximum atomic E-state index is 13.1. The number of nitrogens with one attached hydrogen (secondary N) is 1. The molecule has 0 aliphatic heterocycles. The molecule has 2 atom stereocenters. The molecule has 0 aromatic heterocycles. The van der Waals surface area contributed by atoms with E-state index in [0.717, 1.165) is 11.3 Å². The maximum Gasteiger partial charge on any atom is 0.253 e. The third kappa shape index (κ3) is 5.04. The average Bonchev–Trinajstić information content (AvgIpc) is 2.70. The number of hydrogen-bond acceptors (Lipinski definition) is 3. The van der Waals surface area contributed by atoms with Gasteiger partial charge in [0, 0.05) is 7.05 Å². The first-order chi connectivity index (χ1) is 13.3. The number of methoxy groups -OCH3 is 1. The topological polar surface area (TPSA) is 58.6 Å². The van der Waals surface area contributed by atoms with Gasteiger partial charge in [-0.25, -0.2) is 0 Å². The minimum absolute atomic E-state index is 0.0792. The van der Waals surface area contributed by atoms with Gasteiger partial charge in [-0.05, 0) is 42.7 Å². The SMILES string of the molecule is COc1ccc(C(C)N(C)C(=O)C(NC(=O)c2ccccc2Cl)C(C)C)cc1. The zero-order valence-electron chi connectivity index (χ0n) is 16.9. The Balaban J connectivity index is 2.16. The lowest BCUT2D eigenvalue weighted by atomic mass is 10.00. The van der Waals surface area contributed by atoms with Crippen LogP contribution in [0.5, 0.6) is 5.75 Å². The van der Waals surface area contributed by atoms with Gasteiger partial charge in [-0.15, -0.1) is 0 Å². The zero-order chi connectivity index (χ0) is 20.8. The molecule has 0 saturated carbocycles. The van der Waals surface area contributed by atoms with E-state index in [2.05, 4.69) is 5.32 Å². The Morgan fingerprint density at radius 1 is 1.04 bits per heavy atom. The van der Waals surface area contributed by atoms with Crippen LogP contribution in [0.3, 0.4) is 0 Å². The summed E-state index contributed by atoms with van der Waals surface area (Å²) in [7, 11) is 3.36. The van der Waals surface area contributed by atoms with Crippen LogP contribution in [0.1, 0.15) is 42.7 Å². The van der Waals surface area contributed by atoms with Gasteiger partial charge in [0.2, 0.25) is 5.91 Å². The van der Waals surface area contributed by atoms with E-state index >= 15 is 0 Å². The van der Waals surface area contributed by atoms with Crippen LogP contribution in [0.15, 0.2) is 48.5 Å². The number of hydrogen-bond donors (Lipinski definition) is 1. The first-order valence-corrected chi connectivity index (χ1v) is 9.60.